The fraction of sp³-hybridized carbons (Fsp3) is 0.588. The highest BCUT2D eigenvalue weighted by Gasteiger charge is 2.32. The SMILES string of the molecule is CCOc1ccccc1N1CCN(C(=O)[C@@H]2C[C@H](O)CN2)CC1. The number of benzene rings is 1. The molecule has 2 saturated heterocycles. The van der Waals surface area contributed by atoms with E-state index in [2.05, 4.69) is 16.3 Å². The lowest BCUT2D eigenvalue weighted by atomic mass is 10.1. The van der Waals surface area contributed by atoms with E-state index < -0.39 is 6.10 Å². The smallest absolute Gasteiger partial charge is 0.239 e. The molecule has 2 heterocycles. The minimum atomic E-state index is -0.400. The summed E-state index contributed by atoms with van der Waals surface area (Å²) in [6.45, 7) is 6.14. The number of hydrogen-bond donors (Lipinski definition) is 2. The average molecular weight is 319 g/mol. The molecule has 0 aromatic heterocycles. The topological polar surface area (TPSA) is 65.0 Å². The summed E-state index contributed by atoms with van der Waals surface area (Å²) in [5.74, 6) is 1.01. The predicted molar refractivity (Wildman–Crippen MR) is 88.8 cm³/mol. The van der Waals surface area contributed by atoms with Gasteiger partial charge in [-0.1, -0.05) is 12.1 Å². The van der Waals surface area contributed by atoms with Crippen LogP contribution in [0.1, 0.15) is 13.3 Å². The van der Waals surface area contributed by atoms with Crippen molar-refractivity contribution in [3.63, 3.8) is 0 Å². The largest absolute Gasteiger partial charge is 0.492 e. The van der Waals surface area contributed by atoms with Crippen LogP contribution < -0.4 is 15.0 Å². The number of anilines is 1. The van der Waals surface area contributed by atoms with Crippen molar-refractivity contribution in [3.05, 3.63) is 24.3 Å². The van der Waals surface area contributed by atoms with Gasteiger partial charge < -0.3 is 25.0 Å². The first-order chi connectivity index (χ1) is 11.2. The van der Waals surface area contributed by atoms with Crippen molar-refractivity contribution >= 4 is 11.6 Å². The molecule has 126 valence electrons. The molecule has 0 spiro atoms. The molecule has 1 amide bonds. The zero-order valence-corrected chi connectivity index (χ0v) is 13.6. The van der Waals surface area contributed by atoms with Crippen molar-refractivity contribution in [2.24, 2.45) is 0 Å². The third-order valence-electron chi connectivity index (χ3n) is 4.50. The number of hydrogen-bond acceptors (Lipinski definition) is 5. The first kappa shape index (κ1) is 16.1. The van der Waals surface area contributed by atoms with Gasteiger partial charge in [0.1, 0.15) is 5.75 Å². The minimum absolute atomic E-state index is 0.110. The lowest BCUT2D eigenvalue weighted by molar-refractivity contribution is -0.133. The number of nitrogens with one attached hydrogen (secondary N) is 1. The maximum absolute atomic E-state index is 12.5. The predicted octanol–water partition coefficient (Wildman–Crippen LogP) is 0.457. The number of rotatable bonds is 4. The number of carbonyl (C=O) groups is 1. The Morgan fingerprint density at radius 3 is 2.70 bits per heavy atom. The number of aliphatic hydroxyl groups is 1. The molecule has 1 aromatic carbocycles. The maximum atomic E-state index is 12.5. The standard InChI is InChI=1S/C17H25N3O3/c1-2-23-16-6-4-3-5-15(16)19-7-9-20(10-8-19)17(22)14-11-13(21)12-18-14/h3-6,13-14,18,21H,2,7-12H2,1H3/t13-,14-/m0/s1. The second kappa shape index (κ2) is 7.19. The summed E-state index contributed by atoms with van der Waals surface area (Å²) in [4.78, 5) is 16.6. The van der Waals surface area contributed by atoms with Crippen LogP contribution in [-0.4, -0.2) is 67.4 Å². The van der Waals surface area contributed by atoms with Crippen molar-refractivity contribution in [1.29, 1.82) is 0 Å². The van der Waals surface area contributed by atoms with Crippen molar-refractivity contribution in [3.8, 4) is 5.75 Å². The van der Waals surface area contributed by atoms with Crippen LogP contribution in [0.15, 0.2) is 24.3 Å². The quantitative estimate of drug-likeness (QED) is 0.844. The number of carbonyl (C=O) groups excluding carboxylic acids is 1. The lowest BCUT2D eigenvalue weighted by Crippen LogP contribution is -2.53. The van der Waals surface area contributed by atoms with Crippen LogP contribution >= 0.6 is 0 Å². The summed E-state index contributed by atoms with van der Waals surface area (Å²) in [5.41, 5.74) is 1.09. The number of aliphatic hydroxyl groups excluding tert-OH is 1. The van der Waals surface area contributed by atoms with Crippen molar-refractivity contribution in [2.75, 3.05) is 44.2 Å². The number of β-amino-alcohol motifs (C(OH)–C–C–N with tert-alkyl or cyclic N) is 1. The van der Waals surface area contributed by atoms with Gasteiger partial charge in [-0.15, -0.1) is 0 Å². The van der Waals surface area contributed by atoms with Crippen molar-refractivity contribution in [2.45, 2.75) is 25.5 Å². The highest BCUT2D eigenvalue weighted by Crippen LogP contribution is 2.29. The Balaban J connectivity index is 1.59. The fourth-order valence-electron chi connectivity index (χ4n) is 3.29. The van der Waals surface area contributed by atoms with Gasteiger partial charge in [0.15, 0.2) is 0 Å². The molecule has 6 nitrogen and oxygen atoms in total. The van der Waals surface area contributed by atoms with Gasteiger partial charge in [0.05, 0.1) is 24.4 Å². The van der Waals surface area contributed by atoms with E-state index in [0.717, 1.165) is 24.5 Å². The Labute approximate surface area is 137 Å². The van der Waals surface area contributed by atoms with E-state index in [9.17, 15) is 9.90 Å². The van der Waals surface area contributed by atoms with Gasteiger partial charge in [0.2, 0.25) is 5.91 Å². The molecule has 3 rings (SSSR count). The van der Waals surface area contributed by atoms with Crippen LogP contribution in [0.4, 0.5) is 5.69 Å². The second-order valence-electron chi connectivity index (χ2n) is 6.06. The van der Waals surface area contributed by atoms with Gasteiger partial charge in [-0.25, -0.2) is 0 Å². The van der Waals surface area contributed by atoms with E-state index in [1.165, 1.54) is 0 Å². The van der Waals surface area contributed by atoms with Gasteiger partial charge >= 0.3 is 0 Å². The Kier molecular flexibility index (Phi) is 5.03. The number of amides is 1. The van der Waals surface area contributed by atoms with E-state index in [0.29, 0.717) is 32.7 Å². The zero-order valence-electron chi connectivity index (χ0n) is 13.6. The first-order valence-electron chi connectivity index (χ1n) is 8.36. The van der Waals surface area contributed by atoms with Crippen LogP contribution in [0.5, 0.6) is 5.75 Å². The Bertz CT molecular complexity index is 544. The third-order valence-corrected chi connectivity index (χ3v) is 4.50. The number of piperazine rings is 1. The summed E-state index contributed by atoms with van der Waals surface area (Å²) in [6.07, 6.45) is 0.120. The summed E-state index contributed by atoms with van der Waals surface area (Å²) in [5, 5.41) is 12.7. The molecule has 0 radical (unpaired) electrons. The number of para-hydroxylation sites is 2. The normalized spacial score (nSPS) is 24.8. The fourth-order valence-corrected chi connectivity index (χ4v) is 3.29. The van der Waals surface area contributed by atoms with Crippen LogP contribution in [0.2, 0.25) is 0 Å². The molecule has 0 unspecified atom stereocenters. The van der Waals surface area contributed by atoms with Gasteiger partial charge in [0, 0.05) is 32.7 Å². The summed E-state index contributed by atoms with van der Waals surface area (Å²) < 4.78 is 5.70. The van der Waals surface area contributed by atoms with Crippen molar-refractivity contribution < 1.29 is 14.6 Å². The van der Waals surface area contributed by atoms with E-state index in [1.54, 1.807) is 0 Å². The average Bonchev–Trinajstić information content (AvgIpc) is 3.02. The third kappa shape index (κ3) is 3.59. The number of nitrogens with zero attached hydrogens (tertiary/aromatic N) is 2. The van der Waals surface area contributed by atoms with Gasteiger partial charge in [0.25, 0.3) is 0 Å². The monoisotopic (exact) mass is 319 g/mol. The molecule has 0 bridgehead atoms. The van der Waals surface area contributed by atoms with Gasteiger partial charge in [-0.2, -0.15) is 0 Å². The molecule has 0 saturated carbocycles. The molecule has 1 aromatic rings. The van der Waals surface area contributed by atoms with Gasteiger partial charge in [-0.05, 0) is 25.5 Å². The summed E-state index contributed by atoms with van der Waals surface area (Å²) in [7, 11) is 0. The molecular weight excluding hydrogens is 294 g/mol. The second-order valence-corrected chi connectivity index (χ2v) is 6.06. The minimum Gasteiger partial charge on any atom is -0.492 e. The highest BCUT2D eigenvalue weighted by atomic mass is 16.5. The molecular formula is C17H25N3O3. The first-order valence-corrected chi connectivity index (χ1v) is 8.36. The van der Waals surface area contributed by atoms with Crippen LogP contribution in [-0.2, 0) is 4.79 Å². The molecule has 6 heteroatoms. The molecule has 2 fully saturated rings. The maximum Gasteiger partial charge on any atom is 0.239 e. The van der Waals surface area contributed by atoms with E-state index in [-0.39, 0.29) is 11.9 Å². The zero-order chi connectivity index (χ0) is 16.2. The van der Waals surface area contributed by atoms with Crippen molar-refractivity contribution in [1.82, 2.24) is 10.2 Å². The number of ether oxygens (including phenoxy) is 1. The van der Waals surface area contributed by atoms with E-state index in [4.69, 9.17) is 4.74 Å². The Hall–Kier alpha value is -1.79. The molecule has 2 aliphatic rings. The summed E-state index contributed by atoms with van der Waals surface area (Å²) >= 11 is 0. The molecule has 2 atom stereocenters. The van der Waals surface area contributed by atoms with Crippen LogP contribution in [0.3, 0.4) is 0 Å². The van der Waals surface area contributed by atoms with Gasteiger partial charge in [-0.3, -0.25) is 4.79 Å². The molecule has 23 heavy (non-hydrogen) atoms. The molecule has 2 aliphatic heterocycles. The Morgan fingerprint density at radius 2 is 2.04 bits per heavy atom. The molecule has 2 N–H and O–H groups in total. The van der Waals surface area contributed by atoms with Crippen LogP contribution in [0, 0.1) is 0 Å². The summed E-state index contributed by atoms with van der Waals surface area (Å²) in [6, 6.07) is 7.81. The van der Waals surface area contributed by atoms with E-state index >= 15 is 0 Å². The van der Waals surface area contributed by atoms with Crippen LogP contribution in [0.25, 0.3) is 0 Å². The highest BCUT2D eigenvalue weighted by molar-refractivity contribution is 5.82. The lowest BCUT2D eigenvalue weighted by Gasteiger charge is -2.37. The molecule has 0 aliphatic carbocycles. The Morgan fingerprint density at radius 1 is 1.30 bits per heavy atom. The van der Waals surface area contributed by atoms with E-state index in [1.807, 2.05) is 30.0 Å².